The number of halogens is 1. The summed E-state index contributed by atoms with van der Waals surface area (Å²) in [5.74, 6) is -0.418. The van der Waals surface area contributed by atoms with Crippen LogP contribution in [0.5, 0.6) is 0 Å². The van der Waals surface area contributed by atoms with Crippen molar-refractivity contribution < 1.29 is 9.53 Å². The number of hydrogen-bond acceptors (Lipinski definition) is 3. The third kappa shape index (κ3) is 4.01. The predicted octanol–water partition coefficient (Wildman–Crippen LogP) is 5.16. The second-order valence-electron chi connectivity index (χ2n) is 6.27. The molecule has 5 heteroatoms. The number of benzene rings is 2. The molecule has 4 nitrogen and oxygen atoms in total. The molecule has 0 unspecified atom stereocenters. The van der Waals surface area contributed by atoms with Crippen LogP contribution in [0.3, 0.4) is 0 Å². The number of rotatable bonds is 5. The molecular weight excluding hydrogens is 360 g/mol. The van der Waals surface area contributed by atoms with Crippen LogP contribution < -0.4 is 0 Å². The number of nitrogens with one attached hydrogen (secondary N) is 1. The topological polar surface area (TPSA) is 55.0 Å². The van der Waals surface area contributed by atoms with Crippen molar-refractivity contribution in [1.82, 2.24) is 9.97 Å². The third-order valence-corrected chi connectivity index (χ3v) is 4.50. The lowest BCUT2D eigenvalue weighted by Gasteiger charge is -2.05. The van der Waals surface area contributed by atoms with Crippen molar-refractivity contribution in [2.45, 2.75) is 13.0 Å². The molecule has 2 aromatic carbocycles. The number of aromatic amines is 1. The summed E-state index contributed by atoms with van der Waals surface area (Å²) in [5.41, 5.74) is 4.90. The Labute approximate surface area is 161 Å². The van der Waals surface area contributed by atoms with Crippen molar-refractivity contribution >= 4 is 28.6 Å². The van der Waals surface area contributed by atoms with E-state index in [-0.39, 0.29) is 6.61 Å². The number of aromatic nitrogens is 2. The third-order valence-electron chi connectivity index (χ3n) is 4.31. The van der Waals surface area contributed by atoms with Crippen LogP contribution >= 0.6 is 11.6 Å². The van der Waals surface area contributed by atoms with Gasteiger partial charge in [-0.05, 0) is 35.2 Å². The summed E-state index contributed by atoms with van der Waals surface area (Å²) in [5, 5.41) is 0.400. The van der Waals surface area contributed by atoms with Crippen LogP contribution in [0.25, 0.3) is 11.0 Å². The van der Waals surface area contributed by atoms with Gasteiger partial charge in [-0.2, -0.15) is 0 Å². The van der Waals surface area contributed by atoms with E-state index < -0.39 is 5.97 Å². The number of esters is 1. The molecule has 0 amide bonds. The number of nitrogens with zero attached hydrogens (tertiary/aromatic N) is 1. The van der Waals surface area contributed by atoms with Crippen molar-refractivity contribution in [1.29, 1.82) is 0 Å². The van der Waals surface area contributed by atoms with E-state index in [0.717, 1.165) is 22.2 Å². The molecule has 0 aliphatic rings. The van der Waals surface area contributed by atoms with Crippen molar-refractivity contribution in [3.8, 4) is 0 Å². The molecule has 0 radical (unpaired) electrons. The Morgan fingerprint density at radius 2 is 1.63 bits per heavy atom. The zero-order chi connectivity index (χ0) is 18.6. The molecule has 0 atom stereocenters. The van der Waals surface area contributed by atoms with Crippen molar-refractivity contribution in [2.24, 2.45) is 0 Å². The zero-order valence-corrected chi connectivity index (χ0v) is 15.2. The first-order chi connectivity index (χ1) is 13.2. The highest BCUT2D eigenvalue weighted by atomic mass is 35.5. The Kier molecular flexibility index (Phi) is 4.90. The first-order valence-electron chi connectivity index (χ1n) is 8.62. The highest BCUT2D eigenvalue weighted by Crippen LogP contribution is 2.24. The molecule has 134 valence electrons. The number of H-pyrrole nitrogens is 1. The predicted molar refractivity (Wildman–Crippen MR) is 106 cm³/mol. The second-order valence-corrected chi connectivity index (χ2v) is 6.66. The van der Waals surface area contributed by atoms with Crippen LogP contribution in [0, 0.1) is 0 Å². The van der Waals surface area contributed by atoms with Gasteiger partial charge in [0.1, 0.15) is 17.5 Å². The molecule has 27 heavy (non-hydrogen) atoms. The van der Waals surface area contributed by atoms with E-state index in [2.05, 4.69) is 22.1 Å². The largest absolute Gasteiger partial charge is 0.456 e. The average Bonchev–Trinajstić information content (AvgIpc) is 3.12. The fourth-order valence-electron chi connectivity index (χ4n) is 3.01. The van der Waals surface area contributed by atoms with Gasteiger partial charge >= 0.3 is 5.97 Å². The standard InChI is InChI=1S/C22H17ClN2O2/c23-20-12-17(11-15-7-3-1-4-8-15)21-18(24-20)13-19(25-21)22(26)27-14-16-9-5-2-6-10-16/h1-10,12-13,25H,11,14H2. The van der Waals surface area contributed by atoms with E-state index in [0.29, 0.717) is 22.8 Å². The smallest absolute Gasteiger partial charge is 0.355 e. The maximum Gasteiger partial charge on any atom is 0.355 e. The van der Waals surface area contributed by atoms with E-state index in [9.17, 15) is 4.79 Å². The Bertz CT molecular complexity index is 1080. The number of carbonyl (C=O) groups is 1. The maximum absolute atomic E-state index is 12.4. The minimum absolute atomic E-state index is 0.222. The SMILES string of the molecule is O=C(OCc1ccccc1)c1cc2nc(Cl)cc(Cc3ccccc3)c2[nH]1. The normalized spacial score (nSPS) is 10.9. The lowest BCUT2D eigenvalue weighted by molar-refractivity contribution is 0.0467. The van der Waals surface area contributed by atoms with Gasteiger partial charge < -0.3 is 9.72 Å². The number of pyridine rings is 1. The van der Waals surface area contributed by atoms with E-state index in [4.69, 9.17) is 16.3 Å². The number of ether oxygens (including phenoxy) is 1. The van der Waals surface area contributed by atoms with Crippen LogP contribution in [0.1, 0.15) is 27.2 Å². The van der Waals surface area contributed by atoms with Crippen LogP contribution in [0.2, 0.25) is 5.15 Å². The van der Waals surface area contributed by atoms with Gasteiger partial charge in [-0.3, -0.25) is 0 Å². The van der Waals surface area contributed by atoms with Gasteiger partial charge in [0.25, 0.3) is 0 Å². The molecule has 0 fully saturated rings. The lowest BCUT2D eigenvalue weighted by Crippen LogP contribution is -2.05. The monoisotopic (exact) mass is 376 g/mol. The maximum atomic E-state index is 12.4. The average molecular weight is 377 g/mol. The molecule has 0 bridgehead atoms. The second kappa shape index (κ2) is 7.64. The highest BCUT2D eigenvalue weighted by molar-refractivity contribution is 6.30. The first-order valence-corrected chi connectivity index (χ1v) is 9.00. The molecule has 4 rings (SSSR count). The molecule has 2 heterocycles. The van der Waals surface area contributed by atoms with Gasteiger partial charge in [0.05, 0.1) is 11.0 Å². The van der Waals surface area contributed by atoms with Gasteiger partial charge in [-0.1, -0.05) is 72.3 Å². The molecule has 0 spiro atoms. The Morgan fingerprint density at radius 1 is 0.963 bits per heavy atom. The molecule has 1 N–H and O–H groups in total. The van der Waals surface area contributed by atoms with Crippen molar-refractivity contribution in [3.63, 3.8) is 0 Å². The Balaban J connectivity index is 1.59. The number of fused-ring (bicyclic) bond motifs is 1. The molecule has 0 saturated heterocycles. The van der Waals surface area contributed by atoms with E-state index >= 15 is 0 Å². The summed E-state index contributed by atoms with van der Waals surface area (Å²) in [6, 6.07) is 23.2. The molecule has 2 aromatic heterocycles. The summed E-state index contributed by atoms with van der Waals surface area (Å²) >= 11 is 6.18. The lowest BCUT2D eigenvalue weighted by atomic mass is 10.1. The molecule has 4 aromatic rings. The van der Waals surface area contributed by atoms with Gasteiger partial charge in [0, 0.05) is 0 Å². The molecule has 0 aliphatic heterocycles. The number of carbonyl (C=O) groups excluding carboxylic acids is 1. The van der Waals surface area contributed by atoms with E-state index in [1.807, 2.05) is 54.6 Å². The summed E-state index contributed by atoms with van der Waals surface area (Å²) in [7, 11) is 0. The quantitative estimate of drug-likeness (QED) is 0.386. The van der Waals surface area contributed by atoms with Crippen LogP contribution in [0.4, 0.5) is 0 Å². The summed E-state index contributed by atoms with van der Waals surface area (Å²) in [6.45, 7) is 0.222. The van der Waals surface area contributed by atoms with Gasteiger partial charge in [0.15, 0.2) is 0 Å². The van der Waals surface area contributed by atoms with Crippen molar-refractivity contribution in [3.05, 3.63) is 100 Å². The van der Waals surface area contributed by atoms with E-state index in [1.54, 1.807) is 6.07 Å². The minimum Gasteiger partial charge on any atom is -0.456 e. The number of hydrogen-bond donors (Lipinski definition) is 1. The Morgan fingerprint density at radius 3 is 2.33 bits per heavy atom. The summed E-state index contributed by atoms with van der Waals surface area (Å²) < 4.78 is 5.40. The fourth-order valence-corrected chi connectivity index (χ4v) is 3.23. The summed E-state index contributed by atoms with van der Waals surface area (Å²) in [6.07, 6.45) is 0.693. The molecule has 0 saturated carbocycles. The first kappa shape index (κ1) is 17.3. The minimum atomic E-state index is -0.418. The molecule has 0 aliphatic carbocycles. The fraction of sp³-hybridized carbons (Fsp3) is 0.0909. The van der Waals surface area contributed by atoms with Gasteiger partial charge in [0.2, 0.25) is 0 Å². The van der Waals surface area contributed by atoms with E-state index in [1.165, 1.54) is 0 Å². The zero-order valence-electron chi connectivity index (χ0n) is 14.5. The van der Waals surface area contributed by atoms with Gasteiger partial charge in [-0.25, -0.2) is 9.78 Å². The summed E-state index contributed by atoms with van der Waals surface area (Å²) in [4.78, 5) is 19.9. The highest BCUT2D eigenvalue weighted by Gasteiger charge is 2.15. The molecular formula is C22H17ClN2O2. The van der Waals surface area contributed by atoms with Crippen LogP contribution in [-0.4, -0.2) is 15.9 Å². The van der Waals surface area contributed by atoms with Crippen LogP contribution in [-0.2, 0) is 17.8 Å². The van der Waals surface area contributed by atoms with Gasteiger partial charge in [-0.15, -0.1) is 0 Å². The Hall–Kier alpha value is -3.11. The van der Waals surface area contributed by atoms with Crippen molar-refractivity contribution in [2.75, 3.05) is 0 Å². The van der Waals surface area contributed by atoms with Crippen LogP contribution in [0.15, 0.2) is 72.8 Å².